The van der Waals surface area contributed by atoms with Gasteiger partial charge in [0.25, 0.3) is 0 Å². The second kappa shape index (κ2) is 10.6. The van der Waals surface area contributed by atoms with Crippen LogP contribution in [0.5, 0.6) is 0 Å². The normalized spacial score (nSPS) is 30.5. The van der Waals surface area contributed by atoms with Gasteiger partial charge in [0.2, 0.25) is 0 Å². The molecule has 2 atom stereocenters. The molecule has 0 aliphatic carbocycles. The molecule has 0 spiro atoms. The molecule has 4 N–H and O–H groups in total. The number of hydrogen-bond donors (Lipinski definition) is 4. The molecule has 142 valence electrons. The van der Waals surface area contributed by atoms with Gasteiger partial charge in [0.1, 0.15) is 0 Å². The van der Waals surface area contributed by atoms with Gasteiger partial charge in [-0.1, -0.05) is 0 Å². The second-order valence-electron chi connectivity index (χ2n) is 6.96. The number of nitrogens with zero attached hydrogens (tertiary/aromatic N) is 4. The zero-order chi connectivity index (χ0) is 17.4. The largest absolute Gasteiger partial charge is 0.394 e. The summed E-state index contributed by atoms with van der Waals surface area (Å²) in [6.07, 6.45) is -1.34. The lowest BCUT2D eigenvalue weighted by atomic mass is 10.3. The van der Waals surface area contributed by atoms with Crippen LogP contribution in [0, 0.1) is 0 Å². The molecule has 0 aromatic heterocycles. The molecule has 2 aliphatic heterocycles. The summed E-state index contributed by atoms with van der Waals surface area (Å²) in [5.74, 6) is 0. The van der Waals surface area contributed by atoms with E-state index in [2.05, 4.69) is 19.6 Å². The van der Waals surface area contributed by atoms with Gasteiger partial charge in [0.15, 0.2) is 0 Å². The third-order valence-corrected chi connectivity index (χ3v) is 5.02. The van der Waals surface area contributed by atoms with Gasteiger partial charge in [0.05, 0.1) is 25.4 Å². The maximum Gasteiger partial charge on any atom is 0.0897 e. The van der Waals surface area contributed by atoms with Crippen LogP contribution in [0.3, 0.4) is 0 Å². The summed E-state index contributed by atoms with van der Waals surface area (Å²) in [4.78, 5) is 9.34. The van der Waals surface area contributed by atoms with E-state index >= 15 is 0 Å². The van der Waals surface area contributed by atoms with Crippen LogP contribution in [0.4, 0.5) is 0 Å². The highest BCUT2D eigenvalue weighted by molar-refractivity contribution is 4.77. The van der Waals surface area contributed by atoms with Crippen molar-refractivity contribution in [2.24, 2.45) is 0 Å². The third kappa shape index (κ3) is 6.89. The smallest absolute Gasteiger partial charge is 0.0897 e. The first-order chi connectivity index (χ1) is 11.6. The molecule has 8 nitrogen and oxygen atoms in total. The van der Waals surface area contributed by atoms with Gasteiger partial charge in [-0.3, -0.25) is 19.6 Å². The summed E-state index contributed by atoms with van der Waals surface area (Å²) < 4.78 is 0. The Balaban J connectivity index is 1.93. The van der Waals surface area contributed by atoms with E-state index in [1.54, 1.807) is 0 Å². The highest BCUT2D eigenvalue weighted by Crippen LogP contribution is 2.06. The molecule has 24 heavy (non-hydrogen) atoms. The minimum absolute atomic E-state index is 0.188. The van der Waals surface area contributed by atoms with Crippen molar-refractivity contribution in [3.63, 3.8) is 0 Å². The molecular weight excluding hydrogens is 312 g/mol. The number of β-amino-alcohol motifs (C(OH)–C–C–N with tert-alkyl or cyclic N) is 2. The summed E-state index contributed by atoms with van der Waals surface area (Å²) in [5, 5.41) is 37.6. The standard InChI is InChI=1S/C16H34N4O4/c21-13-15(23)11-19-7-3-17-1-2-18(5-9-19)6-10-20(8-4-17)12-16(24)14-22/h15-16,21-24H,1-14H2. The van der Waals surface area contributed by atoms with E-state index in [-0.39, 0.29) is 13.2 Å². The van der Waals surface area contributed by atoms with Crippen molar-refractivity contribution < 1.29 is 20.4 Å². The van der Waals surface area contributed by atoms with E-state index < -0.39 is 12.2 Å². The topological polar surface area (TPSA) is 93.9 Å². The molecule has 2 saturated heterocycles. The van der Waals surface area contributed by atoms with Gasteiger partial charge in [-0.15, -0.1) is 0 Å². The number of fused-ring (bicyclic) bond motifs is 3. The minimum Gasteiger partial charge on any atom is -0.394 e. The van der Waals surface area contributed by atoms with Crippen LogP contribution in [-0.4, -0.2) is 144 Å². The van der Waals surface area contributed by atoms with Gasteiger partial charge in [-0.25, -0.2) is 0 Å². The Bertz CT molecular complexity index is 302. The third-order valence-electron chi connectivity index (χ3n) is 5.02. The molecule has 0 saturated carbocycles. The zero-order valence-corrected chi connectivity index (χ0v) is 14.6. The van der Waals surface area contributed by atoms with Gasteiger partial charge in [0, 0.05) is 78.5 Å². The van der Waals surface area contributed by atoms with Crippen molar-refractivity contribution in [1.82, 2.24) is 19.6 Å². The monoisotopic (exact) mass is 346 g/mol. The summed E-state index contributed by atoms with van der Waals surface area (Å²) in [5.41, 5.74) is 0. The average molecular weight is 346 g/mol. The molecule has 2 fully saturated rings. The van der Waals surface area contributed by atoms with Crippen LogP contribution in [0.1, 0.15) is 0 Å². The fraction of sp³-hybridized carbons (Fsp3) is 1.00. The molecule has 0 aromatic carbocycles. The minimum atomic E-state index is -0.670. The Labute approximate surface area is 144 Å². The van der Waals surface area contributed by atoms with Crippen LogP contribution >= 0.6 is 0 Å². The van der Waals surface area contributed by atoms with Crippen LogP contribution in [0.15, 0.2) is 0 Å². The highest BCUT2D eigenvalue weighted by atomic mass is 16.3. The Morgan fingerprint density at radius 2 is 0.833 bits per heavy atom. The van der Waals surface area contributed by atoms with Crippen LogP contribution in [0.2, 0.25) is 0 Å². The highest BCUT2D eigenvalue weighted by Gasteiger charge is 2.21. The fourth-order valence-electron chi connectivity index (χ4n) is 3.39. The van der Waals surface area contributed by atoms with E-state index in [9.17, 15) is 10.2 Å². The van der Waals surface area contributed by atoms with Crippen LogP contribution in [0.25, 0.3) is 0 Å². The molecule has 0 amide bonds. The molecule has 0 radical (unpaired) electrons. The summed E-state index contributed by atoms with van der Waals surface area (Å²) in [7, 11) is 0. The van der Waals surface area contributed by atoms with E-state index in [1.165, 1.54) is 0 Å². The second-order valence-corrected chi connectivity index (χ2v) is 6.96. The van der Waals surface area contributed by atoms with Crippen molar-refractivity contribution in [3.05, 3.63) is 0 Å². The lowest BCUT2D eigenvalue weighted by Gasteiger charge is -2.31. The van der Waals surface area contributed by atoms with Gasteiger partial charge < -0.3 is 20.4 Å². The van der Waals surface area contributed by atoms with Crippen molar-refractivity contribution >= 4 is 0 Å². The van der Waals surface area contributed by atoms with Crippen molar-refractivity contribution in [1.29, 1.82) is 0 Å². The van der Waals surface area contributed by atoms with E-state index in [0.717, 1.165) is 65.4 Å². The Morgan fingerprint density at radius 3 is 1.12 bits per heavy atom. The first kappa shape index (κ1) is 20.0. The van der Waals surface area contributed by atoms with Crippen molar-refractivity contribution in [2.75, 3.05) is 91.8 Å². The molecule has 8 heteroatoms. The molecule has 2 bridgehead atoms. The fourth-order valence-corrected chi connectivity index (χ4v) is 3.39. The Hall–Kier alpha value is -0.320. The van der Waals surface area contributed by atoms with E-state index in [1.807, 2.05) is 0 Å². The zero-order valence-electron chi connectivity index (χ0n) is 14.6. The number of rotatable bonds is 6. The maximum atomic E-state index is 9.72. The predicted octanol–water partition coefficient (Wildman–Crippen LogP) is -3.07. The number of aliphatic hydroxyl groups is 4. The van der Waals surface area contributed by atoms with Gasteiger partial charge in [-0.05, 0) is 0 Å². The average Bonchev–Trinajstić information content (AvgIpc) is 2.74. The van der Waals surface area contributed by atoms with E-state index in [0.29, 0.717) is 13.1 Å². The van der Waals surface area contributed by atoms with Gasteiger partial charge >= 0.3 is 0 Å². The summed E-state index contributed by atoms with van der Waals surface area (Å²) in [6.45, 7) is 10.1. The predicted molar refractivity (Wildman–Crippen MR) is 91.9 cm³/mol. The van der Waals surface area contributed by atoms with E-state index in [4.69, 9.17) is 10.2 Å². The Morgan fingerprint density at radius 1 is 0.542 bits per heavy atom. The van der Waals surface area contributed by atoms with Crippen LogP contribution < -0.4 is 0 Å². The first-order valence-corrected chi connectivity index (χ1v) is 9.08. The quantitative estimate of drug-likeness (QED) is 0.403. The maximum absolute atomic E-state index is 9.72. The Kier molecular flexibility index (Phi) is 8.85. The lowest BCUT2D eigenvalue weighted by molar-refractivity contribution is 0.0469. The van der Waals surface area contributed by atoms with Crippen LogP contribution in [-0.2, 0) is 0 Å². The SMILES string of the molecule is OCC(O)CN1CCN2CCN(CC1)CCN(CC(O)CO)CC2. The molecular formula is C16H34N4O4. The summed E-state index contributed by atoms with van der Waals surface area (Å²) >= 11 is 0. The first-order valence-electron chi connectivity index (χ1n) is 9.08. The molecule has 2 heterocycles. The number of aliphatic hydroxyl groups excluding tert-OH is 4. The molecule has 2 aliphatic rings. The van der Waals surface area contributed by atoms with Crippen molar-refractivity contribution in [3.8, 4) is 0 Å². The molecule has 2 unspecified atom stereocenters. The van der Waals surface area contributed by atoms with Crippen molar-refractivity contribution in [2.45, 2.75) is 12.2 Å². The number of hydrogen-bond acceptors (Lipinski definition) is 8. The van der Waals surface area contributed by atoms with Gasteiger partial charge in [-0.2, -0.15) is 0 Å². The summed E-state index contributed by atoms with van der Waals surface area (Å²) in [6, 6.07) is 0. The molecule has 0 aromatic rings. The lowest BCUT2D eigenvalue weighted by Crippen LogP contribution is -2.45. The molecule has 2 rings (SSSR count).